The van der Waals surface area contributed by atoms with E-state index in [0.29, 0.717) is 25.9 Å². The van der Waals surface area contributed by atoms with Crippen molar-refractivity contribution in [2.24, 2.45) is 5.92 Å². The summed E-state index contributed by atoms with van der Waals surface area (Å²) < 4.78 is 0. The SMILES string of the molecule is O=C(O)CSCC(=O)N1CCC(C(=O)c2ccccc2)CC1. The molecule has 118 valence electrons. The van der Waals surface area contributed by atoms with Crippen LogP contribution in [0.3, 0.4) is 0 Å². The van der Waals surface area contributed by atoms with Gasteiger partial charge in [-0.1, -0.05) is 30.3 Å². The third kappa shape index (κ3) is 4.59. The molecule has 1 fully saturated rings. The number of carbonyl (C=O) groups is 3. The Labute approximate surface area is 133 Å². The number of amides is 1. The monoisotopic (exact) mass is 321 g/mol. The van der Waals surface area contributed by atoms with E-state index in [-0.39, 0.29) is 29.1 Å². The summed E-state index contributed by atoms with van der Waals surface area (Å²) in [6.45, 7) is 1.13. The number of rotatable bonds is 6. The maximum absolute atomic E-state index is 12.4. The number of Topliss-reactive ketones (excluding diaryl/α,β-unsaturated/α-hetero) is 1. The Balaban J connectivity index is 1.79. The first kappa shape index (κ1) is 16.5. The molecule has 1 saturated heterocycles. The average molecular weight is 321 g/mol. The number of aliphatic carboxylic acids is 1. The van der Waals surface area contributed by atoms with E-state index in [1.54, 1.807) is 4.90 Å². The molecule has 1 N–H and O–H groups in total. The maximum Gasteiger partial charge on any atom is 0.313 e. The molecular formula is C16H19NO4S. The lowest BCUT2D eigenvalue weighted by atomic mass is 9.89. The average Bonchev–Trinajstić information content (AvgIpc) is 2.54. The van der Waals surface area contributed by atoms with Gasteiger partial charge in [0.25, 0.3) is 0 Å². The number of benzene rings is 1. The largest absolute Gasteiger partial charge is 0.481 e. The molecule has 0 aromatic heterocycles. The Morgan fingerprint density at radius 2 is 1.73 bits per heavy atom. The fourth-order valence-electron chi connectivity index (χ4n) is 2.55. The molecule has 0 atom stereocenters. The zero-order chi connectivity index (χ0) is 15.9. The number of carboxylic acid groups (broad SMARTS) is 1. The Morgan fingerprint density at radius 3 is 2.32 bits per heavy atom. The minimum atomic E-state index is -0.912. The van der Waals surface area contributed by atoms with Crippen LogP contribution in [0.5, 0.6) is 0 Å². The summed E-state index contributed by atoms with van der Waals surface area (Å²) >= 11 is 1.11. The van der Waals surface area contributed by atoms with Gasteiger partial charge >= 0.3 is 5.97 Å². The molecule has 1 aliphatic rings. The number of carbonyl (C=O) groups excluding carboxylic acids is 2. The highest BCUT2D eigenvalue weighted by molar-refractivity contribution is 8.00. The van der Waals surface area contributed by atoms with Crippen molar-refractivity contribution < 1.29 is 19.5 Å². The topological polar surface area (TPSA) is 74.7 Å². The lowest BCUT2D eigenvalue weighted by molar-refractivity contribution is -0.133. The van der Waals surface area contributed by atoms with Gasteiger partial charge in [-0.25, -0.2) is 0 Å². The number of piperidine rings is 1. The van der Waals surface area contributed by atoms with E-state index in [4.69, 9.17) is 5.11 Å². The second-order valence-corrected chi connectivity index (χ2v) is 6.26. The van der Waals surface area contributed by atoms with Crippen molar-refractivity contribution in [3.05, 3.63) is 35.9 Å². The normalized spacial score (nSPS) is 15.5. The van der Waals surface area contributed by atoms with Gasteiger partial charge in [0.05, 0.1) is 11.5 Å². The molecule has 1 heterocycles. The van der Waals surface area contributed by atoms with Gasteiger partial charge in [-0.3, -0.25) is 14.4 Å². The van der Waals surface area contributed by atoms with E-state index in [1.165, 1.54) is 0 Å². The zero-order valence-corrected chi connectivity index (χ0v) is 13.1. The Hall–Kier alpha value is -1.82. The first-order chi connectivity index (χ1) is 10.6. The van der Waals surface area contributed by atoms with Crippen molar-refractivity contribution in [2.45, 2.75) is 12.8 Å². The van der Waals surface area contributed by atoms with E-state index in [9.17, 15) is 14.4 Å². The highest BCUT2D eigenvalue weighted by atomic mass is 32.2. The fourth-order valence-corrected chi connectivity index (χ4v) is 3.18. The van der Waals surface area contributed by atoms with Gasteiger partial charge in [-0.15, -0.1) is 11.8 Å². The van der Waals surface area contributed by atoms with Crippen LogP contribution in [-0.4, -0.2) is 52.3 Å². The van der Waals surface area contributed by atoms with E-state index >= 15 is 0 Å². The zero-order valence-electron chi connectivity index (χ0n) is 12.2. The Bertz CT molecular complexity index is 538. The van der Waals surface area contributed by atoms with Gasteiger partial charge in [0, 0.05) is 24.6 Å². The van der Waals surface area contributed by atoms with Crippen LogP contribution in [0.15, 0.2) is 30.3 Å². The third-order valence-electron chi connectivity index (χ3n) is 3.73. The van der Waals surface area contributed by atoms with Crippen molar-refractivity contribution in [3.8, 4) is 0 Å². The molecule has 1 aromatic rings. The number of likely N-dealkylation sites (tertiary alicyclic amines) is 1. The van der Waals surface area contributed by atoms with Crippen LogP contribution in [0.1, 0.15) is 23.2 Å². The van der Waals surface area contributed by atoms with Crippen LogP contribution in [0.4, 0.5) is 0 Å². The summed E-state index contributed by atoms with van der Waals surface area (Å²) in [6, 6.07) is 9.23. The van der Waals surface area contributed by atoms with E-state index in [1.807, 2.05) is 30.3 Å². The molecular weight excluding hydrogens is 302 g/mol. The van der Waals surface area contributed by atoms with E-state index < -0.39 is 5.97 Å². The molecule has 2 rings (SSSR count). The molecule has 1 amide bonds. The Morgan fingerprint density at radius 1 is 1.09 bits per heavy atom. The van der Waals surface area contributed by atoms with Gasteiger partial charge in [0.2, 0.25) is 5.91 Å². The number of ketones is 1. The standard InChI is InChI=1S/C16H19NO4S/c18-14(10-22-11-15(19)20)17-8-6-13(7-9-17)16(21)12-4-2-1-3-5-12/h1-5,13H,6-11H2,(H,19,20). The van der Waals surface area contributed by atoms with Crippen molar-refractivity contribution in [1.29, 1.82) is 0 Å². The summed E-state index contributed by atoms with van der Waals surface area (Å²) in [6.07, 6.45) is 1.34. The van der Waals surface area contributed by atoms with Crippen molar-refractivity contribution in [1.82, 2.24) is 4.90 Å². The van der Waals surface area contributed by atoms with Gasteiger partial charge < -0.3 is 10.0 Å². The van der Waals surface area contributed by atoms with Crippen LogP contribution >= 0.6 is 11.8 Å². The molecule has 0 aliphatic carbocycles. The molecule has 6 heteroatoms. The van der Waals surface area contributed by atoms with Crippen LogP contribution < -0.4 is 0 Å². The predicted octanol–water partition coefficient (Wildman–Crippen LogP) is 1.93. The van der Waals surface area contributed by atoms with Crippen LogP contribution in [0.25, 0.3) is 0 Å². The van der Waals surface area contributed by atoms with E-state index in [0.717, 1.165) is 17.3 Å². The molecule has 1 aliphatic heterocycles. The van der Waals surface area contributed by atoms with Gasteiger partial charge in [0.1, 0.15) is 0 Å². The van der Waals surface area contributed by atoms with Crippen molar-refractivity contribution in [2.75, 3.05) is 24.6 Å². The van der Waals surface area contributed by atoms with E-state index in [2.05, 4.69) is 0 Å². The fraction of sp³-hybridized carbons (Fsp3) is 0.438. The summed E-state index contributed by atoms with van der Waals surface area (Å²) in [5, 5.41) is 8.56. The third-order valence-corrected chi connectivity index (χ3v) is 4.63. The quantitative estimate of drug-likeness (QED) is 0.810. The smallest absolute Gasteiger partial charge is 0.313 e. The molecule has 0 spiro atoms. The maximum atomic E-state index is 12.4. The summed E-state index contributed by atoms with van der Waals surface area (Å²) in [5.41, 5.74) is 0.726. The number of carboxylic acids is 1. The lowest BCUT2D eigenvalue weighted by Gasteiger charge is -2.31. The molecule has 5 nitrogen and oxygen atoms in total. The first-order valence-corrected chi connectivity index (χ1v) is 8.40. The molecule has 1 aromatic carbocycles. The van der Waals surface area contributed by atoms with Crippen LogP contribution in [0, 0.1) is 5.92 Å². The highest BCUT2D eigenvalue weighted by Gasteiger charge is 2.27. The summed E-state index contributed by atoms with van der Waals surface area (Å²) in [7, 11) is 0. The molecule has 22 heavy (non-hydrogen) atoms. The number of thioether (sulfide) groups is 1. The highest BCUT2D eigenvalue weighted by Crippen LogP contribution is 2.22. The second-order valence-electron chi connectivity index (χ2n) is 5.27. The van der Waals surface area contributed by atoms with Gasteiger partial charge in [-0.05, 0) is 12.8 Å². The van der Waals surface area contributed by atoms with Crippen molar-refractivity contribution in [3.63, 3.8) is 0 Å². The Kier molecular flexibility index (Phi) is 6.00. The van der Waals surface area contributed by atoms with Gasteiger partial charge in [0.15, 0.2) is 5.78 Å². The summed E-state index contributed by atoms with van der Waals surface area (Å²) in [5.74, 6) is -0.717. The minimum absolute atomic E-state index is 0.0295. The van der Waals surface area contributed by atoms with Crippen LogP contribution in [0.2, 0.25) is 0 Å². The number of hydrogen-bond acceptors (Lipinski definition) is 4. The molecule has 0 saturated carbocycles. The minimum Gasteiger partial charge on any atom is -0.481 e. The molecule has 0 radical (unpaired) electrons. The number of nitrogens with zero attached hydrogens (tertiary/aromatic N) is 1. The number of hydrogen-bond donors (Lipinski definition) is 1. The molecule has 0 bridgehead atoms. The van der Waals surface area contributed by atoms with Crippen molar-refractivity contribution >= 4 is 29.4 Å². The lowest BCUT2D eigenvalue weighted by Crippen LogP contribution is -2.41. The summed E-state index contributed by atoms with van der Waals surface area (Å²) in [4.78, 5) is 36.5. The predicted molar refractivity (Wildman–Crippen MR) is 85.0 cm³/mol. The second kappa shape index (κ2) is 7.98. The molecule has 0 unspecified atom stereocenters. The van der Waals surface area contributed by atoms with Crippen LogP contribution in [-0.2, 0) is 9.59 Å². The van der Waals surface area contributed by atoms with Gasteiger partial charge in [-0.2, -0.15) is 0 Å². The first-order valence-electron chi connectivity index (χ1n) is 7.24.